The number of nitro groups is 1. The number of amides is 2. The summed E-state index contributed by atoms with van der Waals surface area (Å²) in [5.41, 5.74) is 0.489. The lowest BCUT2D eigenvalue weighted by atomic mass is 10.3. The van der Waals surface area contributed by atoms with E-state index in [2.05, 4.69) is 12.2 Å². The zero-order chi connectivity index (χ0) is 17.3. The Morgan fingerprint density at radius 1 is 1.33 bits per heavy atom. The Hall–Kier alpha value is -2.83. The number of hydrogen-bond acceptors (Lipinski definition) is 4. The van der Waals surface area contributed by atoms with Crippen LogP contribution in [-0.4, -0.2) is 22.9 Å². The molecular weight excluding hydrogens is 310 g/mol. The molecule has 1 fully saturated rings. The van der Waals surface area contributed by atoms with E-state index in [0.29, 0.717) is 24.1 Å². The molecule has 1 aromatic heterocycles. The van der Waals surface area contributed by atoms with Gasteiger partial charge in [-0.05, 0) is 36.6 Å². The molecule has 3 rings (SSSR count). The molecule has 0 radical (unpaired) electrons. The number of furan rings is 1. The van der Waals surface area contributed by atoms with Gasteiger partial charge in [0.05, 0.1) is 11.5 Å². The van der Waals surface area contributed by atoms with Crippen LogP contribution in [0.5, 0.6) is 0 Å². The molecule has 24 heavy (non-hydrogen) atoms. The molecule has 0 bridgehead atoms. The summed E-state index contributed by atoms with van der Waals surface area (Å²) < 4.78 is 5.79. The summed E-state index contributed by atoms with van der Waals surface area (Å²) in [6.45, 7) is 2.55. The van der Waals surface area contributed by atoms with Crippen LogP contribution in [0.25, 0.3) is 0 Å². The molecule has 1 heterocycles. The van der Waals surface area contributed by atoms with Crippen molar-refractivity contribution in [2.75, 3.05) is 12.4 Å². The molecule has 2 amide bonds. The van der Waals surface area contributed by atoms with Gasteiger partial charge in [-0.3, -0.25) is 10.1 Å². The molecule has 7 nitrogen and oxygen atoms in total. The summed E-state index contributed by atoms with van der Waals surface area (Å²) in [6, 6.07) is 9.28. The van der Waals surface area contributed by atoms with E-state index in [1.54, 1.807) is 7.05 Å². The van der Waals surface area contributed by atoms with Crippen molar-refractivity contribution in [2.24, 2.45) is 5.92 Å². The van der Waals surface area contributed by atoms with Gasteiger partial charge >= 0.3 is 6.03 Å². The summed E-state index contributed by atoms with van der Waals surface area (Å²) in [5.74, 6) is 2.91. The van der Waals surface area contributed by atoms with Gasteiger partial charge < -0.3 is 14.6 Å². The number of urea groups is 1. The molecular formula is C17H19N3O4. The highest BCUT2D eigenvalue weighted by Crippen LogP contribution is 2.47. The highest BCUT2D eigenvalue weighted by atomic mass is 16.6. The number of carbonyl (C=O) groups excluding carboxylic acids is 1. The normalized spacial score (nSPS) is 18.9. The monoisotopic (exact) mass is 329 g/mol. The summed E-state index contributed by atoms with van der Waals surface area (Å²) in [6.07, 6.45) is 1.16. The number of benzene rings is 1. The van der Waals surface area contributed by atoms with E-state index in [1.165, 1.54) is 29.2 Å². The topological polar surface area (TPSA) is 88.6 Å². The maximum Gasteiger partial charge on any atom is 0.321 e. The molecule has 0 spiro atoms. The van der Waals surface area contributed by atoms with Gasteiger partial charge in [0.1, 0.15) is 11.5 Å². The summed E-state index contributed by atoms with van der Waals surface area (Å²) in [4.78, 5) is 23.8. The average Bonchev–Trinajstić information content (AvgIpc) is 3.10. The zero-order valence-corrected chi connectivity index (χ0v) is 13.6. The van der Waals surface area contributed by atoms with Crippen molar-refractivity contribution in [3.63, 3.8) is 0 Å². The van der Waals surface area contributed by atoms with Crippen molar-refractivity contribution >= 4 is 17.4 Å². The second kappa shape index (κ2) is 6.35. The lowest BCUT2D eigenvalue weighted by Crippen LogP contribution is -2.30. The molecule has 1 saturated carbocycles. The fourth-order valence-electron chi connectivity index (χ4n) is 2.59. The van der Waals surface area contributed by atoms with E-state index >= 15 is 0 Å². The second-order valence-corrected chi connectivity index (χ2v) is 6.21. The van der Waals surface area contributed by atoms with Crippen LogP contribution in [-0.2, 0) is 6.54 Å². The Labute approximate surface area is 139 Å². The molecule has 1 N–H and O–H groups in total. The van der Waals surface area contributed by atoms with Gasteiger partial charge in [0, 0.05) is 30.8 Å². The second-order valence-electron chi connectivity index (χ2n) is 6.21. The van der Waals surface area contributed by atoms with Crippen molar-refractivity contribution < 1.29 is 14.1 Å². The van der Waals surface area contributed by atoms with Gasteiger partial charge in [0.15, 0.2) is 0 Å². The molecule has 1 aliphatic rings. The maximum atomic E-state index is 12.2. The number of nitrogens with one attached hydrogen (secondary N) is 1. The first-order valence-corrected chi connectivity index (χ1v) is 7.79. The smallest absolute Gasteiger partial charge is 0.321 e. The number of nitrogens with zero attached hydrogens (tertiary/aromatic N) is 2. The van der Waals surface area contributed by atoms with E-state index < -0.39 is 4.92 Å². The highest BCUT2D eigenvalue weighted by molar-refractivity contribution is 5.89. The molecule has 0 aliphatic heterocycles. The Morgan fingerprint density at radius 3 is 2.58 bits per heavy atom. The van der Waals surface area contributed by atoms with Gasteiger partial charge in [-0.25, -0.2) is 4.79 Å². The number of nitro benzene ring substituents is 1. The third kappa shape index (κ3) is 3.56. The third-order valence-electron chi connectivity index (χ3n) is 4.23. The predicted molar refractivity (Wildman–Crippen MR) is 88.8 cm³/mol. The van der Waals surface area contributed by atoms with Crippen LogP contribution in [0.3, 0.4) is 0 Å². The van der Waals surface area contributed by atoms with Gasteiger partial charge in [-0.1, -0.05) is 6.92 Å². The lowest BCUT2D eigenvalue weighted by Gasteiger charge is -2.16. The predicted octanol–water partition coefficient (Wildman–Crippen LogP) is 3.98. The quantitative estimate of drug-likeness (QED) is 0.664. The van der Waals surface area contributed by atoms with Gasteiger partial charge in [0.2, 0.25) is 0 Å². The van der Waals surface area contributed by atoms with Crippen molar-refractivity contribution in [1.82, 2.24) is 4.90 Å². The van der Waals surface area contributed by atoms with Crippen LogP contribution >= 0.6 is 0 Å². The SMILES string of the molecule is C[C@H]1C[C@H]1c1ccc(CN(C)C(=O)Nc2ccc([N+](=O)[O-])cc2)o1. The largest absolute Gasteiger partial charge is 0.464 e. The highest BCUT2D eigenvalue weighted by Gasteiger charge is 2.36. The standard InChI is InChI=1S/C17H19N3O4/c1-11-9-15(11)16-8-7-14(24-16)10-19(2)17(21)18-12-3-5-13(6-4-12)20(22)23/h3-8,11,15H,9-10H2,1-2H3,(H,18,21)/t11-,15+/m0/s1. The summed E-state index contributed by atoms with van der Waals surface area (Å²) >= 11 is 0. The minimum absolute atomic E-state index is 0.0150. The van der Waals surface area contributed by atoms with Crippen LogP contribution in [0, 0.1) is 16.0 Å². The molecule has 2 aromatic rings. The molecule has 0 saturated heterocycles. The van der Waals surface area contributed by atoms with Crippen LogP contribution in [0.1, 0.15) is 30.8 Å². The number of carbonyl (C=O) groups is 1. The van der Waals surface area contributed by atoms with E-state index in [9.17, 15) is 14.9 Å². The number of anilines is 1. The minimum Gasteiger partial charge on any atom is -0.464 e. The molecule has 0 unspecified atom stereocenters. The molecule has 1 aromatic carbocycles. The first-order chi connectivity index (χ1) is 11.4. The molecule has 126 valence electrons. The molecule has 1 aliphatic carbocycles. The Kier molecular flexibility index (Phi) is 4.24. The van der Waals surface area contributed by atoms with Gasteiger partial charge in [-0.15, -0.1) is 0 Å². The van der Waals surface area contributed by atoms with Crippen molar-refractivity contribution in [2.45, 2.75) is 25.8 Å². The van der Waals surface area contributed by atoms with Crippen LogP contribution in [0.2, 0.25) is 0 Å². The fraction of sp³-hybridized carbons (Fsp3) is 0.353. The number of hydrogen-bond donors (Lipinski definition) is 1. The van der Waals surface area contributed by atoms with E-state index in [0.717, 1.165) is 17.9 Å². The Morgan fingerprint density at radius 2 is 2.00 bits per heavy atom. The van der Waals surface area contributed by atoms with Crippen molar-refractivity contribution in [3.05, 3.63) is 58.0 Å². The summed E-state index contributed by atoms with van der Waals surface area (Å²) in [7, 11) is 1.67. The fourth-order valence-corrected chi connectivity index (χ4v) is 2.59. The molecule has 7 heteroatoms. The lowest BCUT2D eigenvalue weighted by molar-refractivity contribution is -0.384. The first-order valence-electron chi connectivity index (χ1n) is 7.79. The Balaban J connectivity index is 1.56. The zero-order valence-electron chi connectivity index (χ0n) is 13.6. The summed E-state index contributed by atoms with van der Waals surface area (Å²) in [5, 5.41) is 13.3. The minimum atomic E-state index is -0.479. The van der Waals surface area contributed by atoms with E-state index in [-0.39, 0.29) is 11.7 Å². The van der Waals surface area contributed by atoms with Crippen LogP contribution < -0.4 is 5.32 Å². The van der Waals surface area contributed by atoms with Crippen LogP contribution in [0.15, 0.2) is 40.8 Å². The molecule has 2 atom stereocenters. The van der Waals surface area contributed by atoms with Crippen LogP contribution in [0.4, 0.5) is 16.2 Å². The average molecular weight is 329 g/mol. The van der Waals surface area contributed by atoms with E-state index in [1.807, 2.05) is 12.1 Å². The number of rotatable bonds is 5. The Bertz CT molecular complexity index is 753. The van der Waals surface area contributed by atoms with E-state index in [4.69, 9.17) is 4.42 Å². The van der Waals surface area contributed by atoms with Crippen molar-refractivity contribution in [1.29, 1.82) is 0 Å². The maximum absolute atomic E-state index is 12.2. The van der Waals surface area contributed by atoms with Gasteiger partial charge in [0.25, 0.3) is 5.69 Å². The third-order valence-corrected chi connectivity index (χ3v) is 4.23. The van der Waals surface area contributed by atoms with Crippen molar-refractivity contribution in [3.8, 4) is 0 Å². The first kappa shape index (κ1) is 16.0. The number of non-ortho nitro benzene ring substituents is 1. The van der Waals surface area contributed by atoms with Gasteiger partial charge in [-0.2, -0.15) is 0 Å².